The van der Waals surface area contributed by atoms with Crippen LogP contribution in [-0.4, -0.2) is 49.8 Å². The van der Waals surface area contributed by atoms with E-state index in [0.717, 1.165) is 5.56 Å². The zero-order valence-corrected chi connectivity index (χ0v) is 26.7. The maximum absolute atomic E-state index is 14.0. The summed E-state index contributed by atoms with van der Waals surface area (Å²) in [7, 11) is 0. The van der Waals surface area contributed by atoms with Crippen LogP contribution in [0.4, 0.5) is 9.18 Å². The highest BCUT2D eigenvalue weighted by molar-refractivity contribution is 9.10. The molecule has 2 amide bonds. The van der Waals surface area contributed by atoms with Gasteiger partial charge >= 0.3 is 11.8 Å². The van der Waals surface area contributed by atoms with Gasteiger partial charge in [0, 0.05) is 24.3 Å². The van der Waals surface area contributed by atoms with Crippen molar-refractivity contribution < 1.29 is 18.7 Å². The molecule has 43 heavy (non-hydrogen) atoms. The lowest BCUT2D eigenvalue weighted by Crippen LogP contribution is -2.41. The van der Waals surface area contributed by atoms with Crippen LogP contribution in [-0.2, 0) is 11.3 Å². The standard InChI is InChI=1S/C32H37BrFN5O4/c1-6-25(26-19-27-28(33)21(2)36-39(27)31(42)38(26)20-22-11-8-7-9-12-22)37(29(40)23-13-15-24(34)16-14-23)18-10-17-35-30(41)43-32(3,4)5/h7-9,11-16,19,25H,6,10,17-18,20H2,1-5H3,(H,35,41)/t25-/m1/s1. The molecule has 0 saturated carbocycles. The van der Waals surface area contributed by atoms with E-state index < -0.39 is 23.6 Å². The first kappa shape index (κ1) is 31.9. The van der Waals surface area contributed by atoms with Crippen LogP contribution in [0.25, 0.3) is 5.52 Å². The number of nitrogens with zero attached hydrogens (tertiary/aromatic N) is 4. The molecule has 0 radical (unpaired) electrons. The van der Waals surface area contributed by atoms with Gasteiger partial charge in [0.25, 0.3) is 5.91 Å². The lowest BCUT2D eigenvalue weighted by molar-refractivity contribution is 0.0523. The van der Waals surface area contributed by atoms with Crippen LogP contribution >= 0.6 is 15.9 Å². The van der Waals surface area contributed by atoms with E-state index >= 15 is 0 Å². The van der Waals surface area contributed by atoms with Crippen molar-refractivity contribution in [1.82, 2.24) is 24.4 Å². The Morgan fingerprint density at radius 2 is 1.79 bits per heavy atom. The van der Waals surface area contributed by atoms with Gasteiger partial charge in [-0.15, -0.1) is 0 Å². The Kier molecular flexibility index (Phi) is 10.1. The lowest BCUT2D eigenvalue weighted by Gasteiger charge is -2.33. The number of carbonyl (C=O) groups is 2. The van der Waals surface area contributed by atoms with Gasteiger partial charge in [-0.3, -0.25) is 9.36 Å². The third kappa shape index (κ3) is 7.70. The van der Waals surface area contributed by atoms with Crippen LogP contribution in [0, 0.1) is 12.7 Å². The second-order valence-corrected chi connectivity index (χ2v) is 12.1. The van der Waals surface area contributed by atoms with Gasteiger partial charge in [-0.25, -0.2) is 14.0 Å². The monoisotopic (exact) mass is 653 g/mol. The second kappa shape index (κ2) is 13.5. The lowest BCUT2D eigenvalue weighted by atomic mass is 10.0. The Hall–Kier alpha value is -3.99. The third-order valence-corrected chi connectivity index (χ3v) is 7.89. The minimum absolute atomic E-state index is 0.259. The van der Waals surface area contributed by atoms with Crippen LogP contribution in [0.15, 0.2) is 69.9 Å². The summed E-state index contributed by atoms with van der Waals surface area (Å²) in [6, 6.07) is 16.4. The first-order valence-corrected chi connectivity index (χ1v) is 15.0. The summed E-state index contributed by atoms with van der Waals surface area (Å²) in [5.74, 6) is -0.758. The number of rotatable bonds is 10. The Balaban J connectivity index is 1.76. The fourth-order valence-corrected chi connectivity index (χ4v) is 5.30. The first-order chi connectivity index (χ1) is 20.4. The minimum Gasteiger partial charge on any atom is -0.444 e. The molecule has 1 N–H and O–H groups in total. The number of aryl methyl sites for hydroxylation is 1. The van der Waals surface area contributed by atoms with Gasteiger partial charge in [0.2, 0.25) is 0 Å². The van der Waals surface area contributed by atoms with E-state index in [0.29, 0.717) is 39.8 Å². The fraction of sp³-hybridized carbons (Fsp3) is 0.375. The number of alkyl carbamates (subject to hydrolysis) is 1. The van der Waals surface area contributed by atoms with Crippen molar-refractivity contribution >= 4 is 33.4 Å². The van der Waals surface area contributed by atoms with E-state index in [9.17, 15) is 18.8 Å². The van der Waals surface area contributed by atoms with E-state index in [1.807, 2.05) is 50.2 Å². The van der Waals surface area contributed by atoms with Gasteiger partial charge in [-0.05, 0) is 92.4 Å². The molecular formula is C32H37BrFN5O4. The van der Waals surface area contributed by atoms with Crippen LogP contribution in [0.1, 0.15) is 73.9 Å². The smallest absolute Gasteiger partial charge is 0.407 e. The highest BCUT2D eigenvalue weighted by Crippen LogP contribution is 2.30. The Morgan fingerprint density at radius 1 is 1.12 bits per heavy atom. The van der Waals surface area contributed by atoms with Crippen molar-refractivity contribution in [1.29, 1.82) is 0 Å². The summed E-state index contributed by atoms with van der Waals surface area (Å²) in [6.45, 7) is 9.92. The predicted molar refractivity (Wildman–Crippen MR) is 167 cm³/mol. The Morgan fingerprint density at radius 3 is 2.42 bits per heavy atom. The molecule has 0 aliphatic heterocycles. The number of fused-ring (bicyclic) bond motifs is 1. The zero-order valence-electron chi connectivity index (χ0n) is 25.1. The van der Waals surface area contributed by atoms with E-state index in [1.54, 1.807) is 30.2 Å². The van der Waals surface area contributed by atoms with Crippen LogP contribution in [0.5, 0.6) is 0 Å². The normalized spacial score (nSPS) is 12.3. The molecule has 228 valence electrons. The number of nitrogens with one attached hydrogen (secondary N) is 1. The topological polar surface area (TPSA) is 97.9 Å². The third-order valence-electron chi connectivity index (χ3n) is 6.91. The number of ether oxygens (including phenoxy) is 1. The average molecular weight is 655 g/mol. The highest BCUT2D eigenvalue weighted by atomic mass is 79.9. The molecule has 0 fully saturated rings. The van der Waals surface area contributed by atoms with Crippen molar-refractivity contribution in [2.24, 2.45) is 0 Å². The molecule has 2 heterocycles. The molecule has 11 heteroatoms. The summed E-state index contributed by atoms with van der Waals surface area (Å²) in [5.41, 5.74) is 2.18. The van der Waals surface area contributed by atoms with E-state index in [1.165, 1.54) is 28.8 Å². The molecule has 2 aromatic carbocycles. The number of carbonyl (C=O) groups excluding carboxylic acids is 2. The van der Waals surface area contributed by atoms with Gasteiger partial charge in [0.05, 0.1) is 28.3 Å². The largest absolute Gasteiger partial charge is 0.444 e. The molecule has 9 nitrogen and oxygen atoms in total. The Labute approximate surface area is 258 Å². The van der Waals surface area contributed by atoms with Gasteiger partial charge in [0.15, 0.2) is 0 Å². The number of amides is 2. The van der Waals surface area contributed by atoms with Crippen molar-refractivity contribution in [3.05, 3.63) is 104 Å². The average Bonchev–Trinajstić information content (AvgIpc) is 3.25. The van der Waals surface area contributed by atoms with E-state index in [-0.39, 0.29) is 31.2 Å². The van der Waals surface area contributed by atoms with Crippen molar-refractivity contribution in [2.75, 3.05) is 13.1 Å². The van der Waals surface area contributed by atoms with E-state index in [2.05, 4.69) is 26.3 Å². The van der Waals surface area contributed by atoms with Gasteiger partial charge in [-0.2, -0.15) is 9.61 Å². The zero-order chi connectivity index (χ0) is 31.3. The molecule has 2 aromatic heterocycles. The van der Waals surface area contributed by atoms with Crippen molar-refractivity contribution in [2.45, 2.75) is 65.6 Å². The van der Waals surface area contributed by atoms with Crippen molar-refractivity contribution in [3.63, 3.8) is 0 Å². The molecule has 1 atom stereocenters. The van der Waals surface area contributed by atoms with E-state index in [4.69, 9.17) is 4.74 Å². The molecule has 0 bridgehead atoms. The van der Waals surface area contributed by atoms with Crippen molar-refractivity contribution in [3.8, 4) is 0 Å². The quantitative estimate of drug-likeness (QED) is 0.204. The van der Waals surface area contributed by atoms with Gasteiger partial charge < -0.3 is 15.0 Å². The number of aromatic nitrogens is 3. The second-order valence-electron chi connectivity index (χ2n) is 11.3. The molecule has 0 spiro atoms. The number of halogens is 2. The van der Waals surface area contributed by atoms with Gasteiger partial charge in [0.1, 0.15) is 11.4 Å². The molecule has 0 aliphatic rings. The summed E-state index contributed by atoms with van der Waals surface area (Å²) in [6.07, 6.45) is 0.365. The minimum atomic E-state index is -0.636. The molecule has 4 aromatic rings. The molecule has 0 aliphatic carbocycles. The number of benzene rings is 2. The maximum Gasteiger partial charge on any atom is 0.407 e. The molecule has 4 rings (SSSR count). The number of hydrogen-bond acceptors (Lipinski definition) is 5. The molecule has 0 saturated heterocycles. The number of hydrogen-bond donors (Lipinski definition) is 1. The van der Waals surface area contributed by atoms with Crippen LogP contribution < -0.4 is 11.0 Å². The van der Waals surface area contributed by atoms with Crippen LogP contribution in [0.2, 0.25) is 0 Å². The Bertz CT molecular complexity index is 1650. The van der Waals surface area contributed by atoms with Gasteiger partial charge in [-0.1, -0.05) is 37.3 Å². The summed E-state index contributed by atoms with van der Waals surface area (Å²) in [4.78, 5) is 41.8. The summed E-state index contributed by atoms with van der Waals surface area (Å²) < 4.78 is 22.8. The highest BCUT2D eigenvalue weighted by Gasteiger charge is 2.29. The molecular weight excluding hydrogens is 617 g/mol. The summed E-state index contributed by atoms with van der Waals surface area (Å²) in [5, 5.41) is 7.19. The van der Waals surface area contributed by atoms with Crippen LogP contribution in [0.3, 0.4) is 0 Å². The maximum atomic E-state index is 14.0. The fourth-order valence-electron chi connectivity index (χ4n) is 4.94. The predicted octanol–water partition coefficient (Wildman–Crippen LogP) is 6.26. The SMILES string of the molecule is CC[C@H](c1cc2c(Br)c(C)nn2c(=O)n1Cc1ccccc1)N(CCCNC(=O)OC(C)(C)C)C(=O)c1ccc(F)cc1. The summed E-state index contributed by atoms with van der Waals surface area (Å²) >= 11 is 3.58. The molecule has 0 unspecified atom stereocenters. The first-order valence-electron chi connectivity index (χ1n) is 14.3.